The van der Waals surface area contributed by atoms with Gasteiger partial charge in [0.2, 0.25) is 0 Å². The quantitative estimate of drug-likeness (QED) is 0.869. The molecule has 0 amide bonds. The monoisotopic (exact) mass is 251 g/mol. The third kappa shape index (κ3) is 2.28. The largest absolute Gasteiger partial charge is 0.330 e. The van der Waals surface area contributed by atoms with Crippen molar-refractivity contribution >= 4 is 11.6 Å². The summed E-state index contributed by atoms with van der Waals surface area (Å²) < 4.78 is 1.47. The number of benzene rings is 1. The number of H-pyrrole nitrogens is 1. The van der Waals surface area contributed by atoms with Gasteiger partial charge in [0.15, 0.2) is 0 Å². The number of aryl methyl sites for hydroxylation is 1. The van der Waals surface area contributed by atoms with Crippen LogP contribution in [0.5, 0.6) is 0 Å². The molecule has 1 heterocycles. The van der Waals surface area contributed by atoms with E-state index in [4.69, 9.17) is 17.3 Å². The molecule has 0 spiro atoms. The number of nitrogens with zero attached hydrogens (tertiary/aromatic N) is 1. The van der Waals surface area contributed by atoms with Crippen molar-refractivity contribution in [2.75, 3.05) is 6.54 Å². The summed E-state index contributed by atoms with van der Waals surface area (Å²) in [5.41, 5.74) is 7.98. The molecule has 0 fully saturated rings. The summed E-state index contributed by atoms with van der Waals surface area (Å²) in [6.45, 7) is 0.452. The average molecular weight is 252 g/mol. The second kappa shape index (κ2) is 4.77. The van der Waals surface area contributed by atoms with Gasteiger partial charge in [0.25, 0.3) is 5.56 Å². The predicted octanol–water partition coefficient (Wildman–Crippen LogP) is 1.53. The summed E-state index contributed by atoms with van der Waals surface area (Å²) in [5.74, 6) is 0. The second-order valence-corrected chi connectivity index (χ2v) is 4.31. The molecule has 3 N–H and O–H groups in total. The topological polar surface area (TPSA) is 63.8 Å². The minimum Gasteiger partial charge on any atom is -0.330 e. The van der Waals surface area contributed by atoms with E-state index >= 15 is 0 Å². The van der Waals surface area contributed by atoms with Crippen LogP contribution in [-0.4, -0.2) is 16.3 Å². The summed E-state index contributed by atoms with van der Waals surface area (Å²) in [6.07, 6.45) is 0.564. The van der Waals surface area contributed by atoms with E-state index in [0.29, 0.717) is 18.0 Å². The molecule has 4 nitrogen and oxygen atoms in total. The maximum Gasteiger partial charge on any atom is 0.270 e. The Balaban J connectivity index is 2.54. The lowest BCUT2D eigenvalue weighted by molar-refractivity contribution is 0.739. The highest BCUT2D eigenvalue weighted by Crippen LogP contribution is 2.21. The van der Waals surface area contributed by atoms with Crippen LogP contribution in [0.4, 0.5) is 0 Å². The Hall–Kier alpha value is -1.52. The molecule has 1 aromatic carbocycles. The minimum absolute atomic E-state index is 0.0274. The van der Waals surface area contributed by atoms with Crippen molar-refractivity contribution < 1.29 is 0 Å². The fourth-order valence-electron chi connectivity index (χ4n) is 1.83. The lowest BCUT2D eigenvalue weighted by Crippen LogP contribution is -2.17. The first kappa shape index (κ1) is 12.0. The van der Waals surface area contributed by atoms with Gasteiger partial charge in [-0.2, -0.15) is 0 Å². The minimum atomic E-state index is -0.0274. The van der Waals surface area contributed by atoms with Crippen molar-refractivity contribution in [3.8, 4) is 11.3 Å². The first-order valence-corrected chi connectivity index (χ1v) is 5.75. The standard InChI is InChI=1S/C12H14ClN3O/c1-16-12(17)10(6-7-14)11(15-16)8-2-4-9(13)5-3-8/h2-5,15H,6-7,14H2,1H3. The number of halogens is 1. The lowest BCUT2D eigenvalue weighted by Gasteiger charge is -2.01. The molecule has 5 heteroatoms. The van der Waals surface area contributed by atoms with Crippen molar-refractivity contribution in [1.29, 1.82) is 0 Å². The first-order chi connectivity index (χ1) is 8.13. The van der Waals surface area contributed by atoms with Crippen LogP contribution in [0.15, 0.2) is 29.1 Å². The highest BCUT2D eigenvalue weighted by Gasteiger charge is 2.12. The van der Waals surface area contributed by atoms with E-state index in [1.54, 1.807) is 19.2 Å². The SMILES string of the molecule is Cn1[nH]c(-c2ccc(Cl)cc2)c(CCN)c1=O. The number of aromatic nitrogens is 2. The first-order valence-electron chi connectivity index (χ1n) is 5.37. The van der Waals surface area contributed by atoms with Crippen LogP contribution in [0.1, 0.15) is 5.56 Å². The van der Waals surface area contributed by atoms with Gasteiger partial charge in [-0.25, -0.2) is 0 Å². The molecular formula is C12H14ClN3O. The molecule has 0 aliphatic carbocycles. The average Bonchev–Trinajstić information content (AvgIpc) is 2.59. The number of aromatic amines is 1. The Morgan fingerprint density at radius 3 is 2.59 bits per heavy atom. The molecule has 0 saturated carbocycles. The summed E-state index contributed by atoms with van der Waals surface area (Å²) in [5, 5.41) is 3.71. The van der Waals surface area contributed by atoms with Gasteiger partial charge >= 0.3 is 0 Å². The summed E-state index contributed by atoms with van der Waals surface area (Å²) >= 11 is 5.84. The molecule has 2 rings (SSSR count). The van der Waals surface area contributed by atoms with Gasteiger partial charge in [-0.3, -0.25) is 14.6 Å². The van der Waals surface area contributed by atoms with Crippen molar-refractivity contribution in [3.63, 3.8) is 0 Å². The lowest BCUT2D eigenvalue weighted by atomic mass is 10.1. The van der Waals surface area contributed by atoms with Gasteiger partial charge in [0, 0.05) is 17.6 Å². The van der Waals surface area contributed by atoms with Crippen molar-refractivity contribution in [1.82, 2.24) is 9.78 Å². The van der Waals surface area contributed by atoms with Crippen LogP contribution in [-0.2, 0) is 13.5 Å². The van der Waals surface area contributed by atoms with Gasteiger partial charge < -0.3 is 5.73 Å². The number of hydrogen-bond donors (Lipinski definition) is 2. The molecule has 0 aliphatic rings. The van der Waals surface area contributed by atoms with E-state index in [2.05, 4.69) is 5.10 Å². The molecule has 0 radical (unpaired) electrons. The molecule has 2 aromatic rings. The predicted molar refractivity (Wildman–Crippen MR) is 69.2 cm³/mol. The summed E-state index contributed by atoms with van der Waals surface area (Å²) in [6, 6.07) is 7.37. The van der Waals surface area contributed by atoms with Crippen LogP contribution >= 0.6 is 11.6 Å². The normalized spacial score (nSPS) is 10.8. The zero-order chi connectivity index (χ0) is 12.4. The fourth-order valence-corrected chi connectivity index (χ4v) is 1.95. The van der Waals surface area contributed by atoms with Crippen LogP contribution in [0.2, 0.25) is 5.02 Å². The second-order valence-electron chi connectivity index (χ2n) is 3.88. The van der Waals surface area contributed by atoms with Crippen molar-refractivity contribution in [2.45, 2.75) is 6.42 Å². The Kier molecular flexibility index (Phi) is 3.36. The maximum atomic E-state index is 11.9. The van der Waals surface area contributed by atoms with E-state index in [-0.39, 0.29) is 5.56 Å². The molecule has 0 unspecified atom stereocenters. The highest BCUT2D eigenvalue weighted by atomic mass is 35.5. The van der Waals surface area contributed by atoms with Gasteiger partial charge in [-0.05, 0) is 30.7 Å². The number of rotatable bonds is 3. The van der Waals surface area contributed by atoms with Crippen LogP contribution in [0.3, 0.4) is 0 Å². The van der Waals surface area contributed by atoms with E-state index in [1.165, 1.54) is 4.68 Å². The molecule has 1 aromatic heterocycles. The molecule has 90 valence electrons. The zero-order valence-corrected chi connectivity index (χ0v) is 10.3. The van der Waals surface area contributed by atoms with Crippen molar-refractivity contribution in [2.24, 2.45) is 12.8 Å². The van der Waals surface area contributed by atoms with E-state index < -0.39 is 0 Å². The molecular weight excluding hydrogens is 238 g/mol. The fraction of sp³-hybridized carbons (Fsp3) is 0.250. The van der Waals surface area contributed by atoms with E-state index in [1.807, 2.05) is 12.1 Å². The third-order valence-electron chi connectivity index (χ3n) is 2.67. The Labute approximate surface area is 104 Å². The molecule has 0 saturated heterocycles. The van der Waals surface area contributed by atoms with Crippen LogP contribution in [0, 0.1) is 0 Å². The van der Waals surface area contributed by atoms with Gasteiger partial charge in [-0.15, -0.1) is 0 Å². The molecule has 0 aliphatic heterocycles. The van der Waals surface area contributed by atoms with Crippen LogP contribution < -0.4 is 11.3 Å². The number of hydrogen-bond acceptors (Lipinski definition) is 2. The van der Waals surface area contributed by atoms with Crippen LogP contribution in [0.25, 0.3) is 11.3 Å². The third-order valence-corrected chi connectivity index (χ3v) is 2.92. The molecule has 0 bridgehead atoms. The van der Waals surface area contributed by atoms with Gasteiger partial charge in [-0.1, -0.05) is 23.7 Å². The molecule has 17 heavy (non-hydrogen) atoms. The zero-order valence-electron chi connectivity index (χ0n) is 9.53. The van der Waals surface area contributed by atoms with Gasteiger partial charge in [0.1, 0.15) is 0 Å². The van der Waals surface area contributed by atoms with E-state index in [9.17, 15) is 4.79 Å². The summed E-state index contributed by atoms with van der Waals surface area (Å²) in [4.78, 5) is 11.9. The van der Waals surface area contributed by atoms with Crippen molar-refractivity contribution in [3.05, 3.63) is 45.2 Å². The Morgan fingerprint density at radius 1 is 1.35 bits per heavy atom. The smallest absolute Gasteiger partial charge is 0.270 e. The number of nitrogens with one attached hydrogen (secondary N) is 1. The van der Waals surface area contributed by atoms with Gasteiger partial charge in [0.05, 0.1) is 5.69 Å². The Bertz CT molecular complexity index is 568. The Morgan fingerprint density at radius 2 is 2.00 bits per heavy atom. The van der Waals surface area contributed by atoms with E-state index in [0.717, 1.165) is 16.8 Å². The number of nitrogens with two attached hydrogens (primary N) is 1. The molecule has 0 atom stereocenters. The maximum absolute atomic E-state index is 11.9. The summed E-state index contributed by atoms with van der Waals surface area (Å²) in [7, 11) is 1.70. The highest BCUT2D eigenvalue weighted by molar-refractivity contribution is 6.30.